The zero-order chi connectivity index (χ0) is 8.81. The summed E-state index contributed by atoms with van der Waals surface area (Å²) in [5.74, 6) is 0. The molecule has 1 aromatic carbocycles. The predicted octanol–water partition coefficient (Wildman–Crippen LogP) is 3.40. The molecular formula is C11H17N. The lowest BCUT2D eigenvalue weighted by Crippen LogP contribution is -2.03. The molecule has 0 saturated heterocycles. The van der Waals surface area contributed by atoms with E-state index < -0.39 is 0 Å². The maximum atomic E-state index is 3.28. The number of para-hydroxylation sites is 1. The van der Waals surface area contributed by atoms with E-state index in [0.29, 0.717) is 0 Å². The Kier molecular flexibility index (Phi) is 3.39. The Labute approximate surface area is 75.6 Å². The van der Waals surface area contributed by atoms with Gasteiger partial charge in [-0.05, 0) is 11.6 Å². The normalized spacial score (nSPS) is 12.2. The highest BCUT2D eigenvalue weighted by molar-refractivity contribution is 5.69. The molecule has 2 rings (SSSR count). The summed E-state index contributed by atoms with van der Waals surface area (Å²) < 4.78 is 0. The molecule has 1 heterocycles. The van der Waals surface area contributed by atoms with Gasteiger partial charge in [0.1, 0.15) is 0 Å². The van der Waals surface area contributed by atoms with Gasteiger partial charge in [0.2, 0.25) is 0 Å². The first-order chi connectivity index (χ1) is 5.97. The molecule has 0 bridgehead atoms. The van der Waals surface area contributed by atoms with Gasteiger partial charge in [-0.15, -0.1) is 0 Å². The van der Waals surface area contributed by atoms with Crippen molar-refractivity contribution in [3.05, 3.63) is 35.9 Å². The number of benzene rings is 1. The van der Waals surface area contributed by atoms with Gasteiger partial charge in [0.25, 0.3) is 0 Å². The van der Waals surface area contributed by atoms with E-state index in [4.69, 9.17) is 0 Å². The van der Waals surface area contributed by atoms with Gasteiger partial charge in [-0.3, -0.25) is 0 Å². The number of anilines is 1. The van der Waals surface area contributed by atoms with Crippen LogP contribution >= 0.6 is 0 Å². The van der Waals surface area contributed by atoms with Gasteiger partial charge >= 0.3 is 0 Å². The van der Waals surface area contributed by atoms with Crippen LogP contribution in [0.25, 0.3) is 6.08 Å². The molecule has 1 aliphatic rings. The maximum Gasteiger partial charge on any atom is 0.0416 e. The Morgan fingerprint density at radius 1 is 1.25 bits per heavy atom. The topological polar surface area (TPSA) is 12.0 Å². The predicted molar refractivity (Wildman–Crippen MR) is 57.4 cm³/mol. The molecule has 0 unspecified atom stereocenters. The molecule has 0 aliphatic carbocycles. The van der Waals surface area contributed by atoms with Gasteiger partial charge in [-0.1, -0.05) is 44.2 Å². The van der Waals surface area contributed by atoms with E-state index in [1.807, 2.05) is 19.9 Å². The Balaban J connectivity index is 0.000000451. The quantitative estimate of drug-likeness (QED) is 0.618. The lowest BCUT2D eigenvalue weighted by atomic mass is 10.1. The van der Waals surface area contributed by atoms with Gasteiger partial charge in [0.15, 0.2) is 0 Å². The van der Waals surface area contributed by atoms with Crippen molar-refractivity contribution < 1.29 is 1.43 Å². The molecule has 0 saturated carbocycles. The van der Waals surface area contributed by atoms with Crippen molar-refractivity contribution in [3.63, 3.8) is 0 Å². The number of fused-ring (bicyclic) bond motifs is 1. The Morgan fingerprint density at radius 3 is 2.75 bits per heavy atom. The zero-order valence-corrected chi connectivity index (χ0v) is 7.67. The minimum atomic E-state index is 0. The van der Waals surface area contributed by atoms with Gasteiger partial charge < -0.3 is 5.32 Å². The molecular weight excluding hydrogens is 146 g/mol. The van der Waals surface area contributed by atoms with Gasteiger partial charge in [-0.2, -0.15) is 0 Å². The molecule has 1 heteroatoms. The van der Waals surface area contributed by atoms with Crippen molar-refractivity contribution in [2.24, 2.45) is 0 Å². The Hall–Kier alpha value is -1.24. The first-order valence-corrected chi connectivity index (χ1v) is 4.46. The SMILES string of the molecule is C1=Cc2ccccc2NC1.CC.[HH]. The summed E-state index contributed by atoms with van der Waals surface area (Å²) in [5, 5.41) is 3.28. The second-order valence-electron chi connectivity index (χ2n) is 2.37. The number of rotatable bonds is 0. The summed E-state index contributed by atoms with van der Waals surface area (Å²) in [6, 6.07) is 8.30. The second kappa shape index (κ2) is 4.60. The van der Waals surface area contributed by atoms with Crippen LogP contribution in [0.3, 0.4) is 0 Å². The Bertz CT molecular complexity index is 269. The Morgan fingerprint density at radius 2 is 2.00 bits per heavy atom. The molecule has 0 atom stereocenters. The minimum absolute atomic E-state index is 0. The highest BCUT2D eigenvalue weighted by atomic mass is 14.9. The van der Waals surface area contributed by atoms with Crippen molar-refractivity contribution >= 4 is 11.8 Å². The lowest BCUT2D eigenvalue weighted by Gasteiger charge is -2.11. The van der Waals surface area contributed by atoms with Crippen molar-refractivity contribution in [1.82, 2.24) is 0 Å². The standard InChI is InChI=1S/C9H9N.C2H6.H2/c1-2-6-9-8(4-1)5-3-7-10-9;1-2;/h1-6,10H,7H2;1-2H3;1H. The molecule has 0 spiro atoms. The molecule has 1 aromatic rings. The van der Waals surface area contributed by atoms with Crippen LogP contribution in [0.1, 0.15) is 20.8 Å². The third-order valence-corrected chi connectivity index (χ3v) is 1.67. The molecule has 1 nitrogen and oxygen atoms in total. The van der Waals surface area contributed by atoms with Crippen molar-refractivity contribution in [2.75, 3.05) is 11.9 Å². The van der Waals surface area contributed by atoms with Crippen LogP contribution in [0.2, 0.25) is 0 Å². The first-order valence-electron chi connectivity index (χ1n) is 4.46. The monoisotopic (exact) mass is 163 g/mol. The fourth-order valence-electron chi connectivity index (χ4n) is 1.16. The van der Waals surface area contributed by atoms with E-state index in [1.165, 1.54) is 11.3 Å². The van der Waals surface area contributed by atoms with E-state index >= 15 is 0 Å². The van der Waals surface area contributed by atoms with Gasteiger partial charge in [0.05, 0.1) is 0 Å². The second-order valence-corrected chi connectivity index (χ2v) is 2.37. The highest BCUT2D eigenvalue weighted by Gasteiger charge is 1.98. The molecule has 1 N–H and O–H groups in total. The van der Waals surface area contributed by atoms with E-state index in [2.05, 4.69) is 35.7 Å². The van der Waals surface area contributed by atoms with Crippen LogP contribution in [-0.4, -0.2) is 6.54 Å². The van der Waals surface area contributed by atoms with E-state index in [9.17, 15) is 0 Å². The average Bonchev–Trinajstić information content (AvgIpc) is 2.21. The third-order valence-electron chi connectivity index (χ3n) is 1.67. The van der Waals surface area contributed by atoms with Gasteiger partial charge in [-0.25, -0.2) is 0 Å². The van der Waals surface area contributed by atoms with Crippen molar-refractivity contribution in [2.45, 2.75) is 13.8 Å². The molecule has 0 fully saturated rings. The van der Waals surface area contributed by atoms with Crippen LogP contribution in [0.5, 0.6) is 0 Å². The van der Waals surface area contributed by atoms with Crippen LogP contribution in [-0.2, 0) is 0 Å². The van der Waals surface area contributed by atoms with Crippen molar-refractivity contribution in [3.8, 4) is 0 Å². The van der Waals surface area contributed by atoms with Gasteiger partial charge in [0, 0.05) is 13.7 Å². The largest absolute Gasteiger partial charge is 0.381 e. The zero-order valence-electron chi connectivity index (χ0n) is 7.67. The minimum Gasteiger partial charge on any atom is -0.381 e. The summed E-state index contributed by atoms with van der Waals surface area (Å²) in [6.45, 7) is 4.96. The highest BCUT2D eigenvalue weighted by Crippen LogP contribution is 2.18. The molecule has 1 aliphatic heterocycles. The lowest BCUT2D eigenvalue weighted by molar-refractivity contribution is 1.31. The van der Waals surface area contributed by atoms with Crippen LogP contribution < -0.4 is 5.32 Å². The fraction of sp³-hybridized carbons (Fsp3) is 0.273. The number of hydrogen-bond acceptors (Lipinski definition) is 1. The smallest absolute Gasteiger partial charge is 0.0416 e. The summed E-state index contributed by atoms with van der Waals surface area (Å²) in [5.41, 5.74) is 2.53. The summed E-state index contributed by atoms with van der Waals surface area (Å²) in [4.78, 5) is 0. The first kappa shape index (κ1) is 8.85. The molecule has 0 radical (unpaired) electrons. The number of nitrogens with one attached hydrogen (secondary N) is 1. The summed E-state index contributed by atoms with van der Waals surface area (Å²) >= 11 is 0. The van der Waals surface area contributed by atoms with E-state index in [0.717, 1.165) is 6.54 Å². The molecule has 0 amide bonds. The molecule has 66 valence electrons. The third kappa shape index (κ3) is 1.88. The average molecular weight is 163 g/mol. The summed E-state index contributed by atoms with van der Waals surface area (Å²) in [7, 11) is 0. The van der Waals surface area contributed by atoms with Crippen LogP contribution in [0.15, 0.2) is 30.3 Å². The molecule has 0 aromatic heterocycles. The number of hydrogen-bond donors (Lipinski definition) is 1. The van der Waals surface area contributed by atoms with Crippen LogP contribution in [0.4, 0.5) is 5.69 Å². The maximum absolute atomic E-state index is 3.28. The van der Waals surface area contributed by atoms with Crippen molar-refractivity contribution in [1.29, 1.82) is 0 Å². The van der Waals surface area contributed by atoms with E-state index in [1.54, 1.807) is 0 Å². The van der Waals surface area contributed by atoms with Crippen LogP contribution in [0, 0.1) is 0 Å². The van der Waals surface area contributed by atoms with E-state index in [-0.39, 0.29) is 1.43 Å². The molecule has 12 heavy (non-hydrogen) atoms. The fourth-order valence-corrected chi connectivity index (χ4v) is 1.16. The summed E-state index contributed by atoms with van der Waals surface area (Å²) in [6.07, 6.45) is 4.27.